The van der Waals surface area contributed by atoms with Gasteiger partial charge in [0.05, 0.1) is 7.11 Å². The molecule has 0 bridgehead atoms. The highest BCUT2D eigenvalue weighted by Gasteiger charge is 2.24. The second-order valence-electron chi connectivity index (χ2n) is 6.41. The van der Waals surface area contributed by atoms with Crippen molar-refractivity contribution < 1.29 is 18.7 Å². The lowest BCUT2D eigenvalue weighted by Gasteiger charge is -2.20. The highest BCUT2D eigenvalue weighted by Crippen LogP contribution is 2.26. The van der Waals surface area contributed by atoms with Crippen LogP contribution in [-0.4, -0.2) is 30.1 Å². The zero-order chi connectivity index (χ0) is 19.4. The lowest BCUT2D eigenvalue weighted by atomic mass is 10.1. The number of hydrogen-bond donors (Lipinski definition) is 2. The van der Waals surface area contributed by atoms with Gasteiger partial charge in [0.25, 0.3) is 0 Å². The molecular formula is C20H21N3O4. The largest absolute Gasteiger partial charge is 0.467 e. The van der Waals surface area contributed by atoms with Gasteiger partial charge in [-0.25, -0.2) is 14.6 Å². The number of urea groups is 1. The van der Waals surface area contributed by atoms with Crippen LogP contribution < -0.4 is 10.6 Å². The Hall–Kier alpha value is -3.35. The number of nitrogens with one attached hydrogen (secondary N) is 2. The minimum absolute atomic E-state index is 0.103. The molecule has 0 radical (unpaired) electrons. The number of carbonyl (C=O) groups excluding carboxylic acids is 2. The van der Waals surface area contributed by atoms with E-state index in [9.17, 15) is 9.59 Å². The van der Waals surface area contributed by atoms with E-state index >= 15 is 0 Å². The first-order chi connectivity index (χ1) is 13.0. The molecule has 1 atom stereocenters. The first-order valence-corrected chi connectivity index (χ1v) is 8.59. The first kappa shape index (κ1) is 18.4. The lowest BCUT2D eigenvalue weighted by molar-refractivity contribution is -0.143. The third-order valence-electron chi connectivity index (χ3n) is 4.07. The maximum Gasteiger partial charge on any atom is 0.328 e. The van der Waals surface area contributed by atoms with Crippen molar-refractivity contribution in [2.75, 3.05) is 12.4 Å². The molecule has 0 aliphatic rings. The Morgan fingerprint density at radius 1 is 1.11 bits per heavy atom. The number of rotatable bonds is 5. The number of fused-ring (bicyclic) bond motifs is 1. The van der Waals surface area contributed by atoms with Crippen LogP contribution in [0.2, 0.25) is 0 Å². The summed E-state index contributed by atoms with van der Waals surface area (Å²) in [5.74, 6) is -0.121. The standard InChI is InChI=1S/C20H21N3O4/c1-12(2)17(19(24)26-3)23-20(25)21-14-8-6-7-13(11-14)18-22-15-9-4-5-10-16(15)27-18/h4-12,17H,1-3H3,(H2,21,23,25)/t17-/m0/s1. The van der Waals surface area contributed by atoms with Crippen LogP contribution in [-0.2, 0) is 9.53 Å². The number of carbonyl (C=O) groups is 2. The SMILES string of the molecule is COC(=O)[C@@H](NC(=O)Nc1cccc(-c2nc3ccccc3o2)c1)C(C)C. The van der Waals surface area contributed by atoms with Gasteiger partial charge in [-0.3, -0.25) is 0 Å². The monoisotopic (exact) mass is 367 g/mol. The van der Waals surface area contributed by atoms with E-state index in [0.29, 0.717) is 17.2 Å². The Kier molecular flexibility index (Phi) is 5.40. The molecule has 0 spiro atoms. The van der Waals surface area contributed by atoms with Gasteiger partial charge in [-0.2, -0.15) is 0 Å². The quantitative estimate of drug-likeness (QED) is 0.669. The number of oxazole rings is 1. The number of benzene rings is 2. The summed E-state index contributed by atoms with van der Waals surface area (Å²) in [6.07, 6.45) is 0. The zero-order valence-electron chi connectivity index (χ0n) is 15.4. The van der Waals surface area contributed by atoms with Crippen LogP contribution in [0.15, 0.2) is 52.9 Å². The maximum absolute atomic E-state index is 12.3. The van der Waals surface area contributed by atoms with Crippen molar-refractivity contribution >= 4 is 28.8 Å². The number of methoxy groups -OCH3 is 1. The van der Waals surface area contributed by atoms with Crippen LogP contribution in [0, 0.1) is 5.92 Å². The molecule has 0 saturated carbocycles. The Balaban J connectivity index is 1.75. The molecule has 1 heterocycles. The van der Waals surface area contributed by atoms with Gasteiger partial charge in [-0.1, -0.05) is 32.0 Å². The van der Waals surface area contributed by atoms with E-state index in [1.165, 1.54) is 7.11 Å². The predicted octanol–water partition coefficient (Wildman–Crippen LogP) is 3.81. The van der Waals surface area contributed by atoms with Crippen LogP contribution in [0.5, 0.6) is 0 Å². The van der Waals surface area contributed by atoms with Crippen LogP contribution in [0.3, 0.4) is 0 Å². The molecule has 7 nitrogen and oxygen atoms in total. The second kappa shape index (κ2) is 7.90. The van der Waals surface area contributed by atoms with E-state index in [4.69, 9.17) is 9.15 Å². The second-order valence-corrected chi connectivity index (χ2v) is 6.41. The molecule has 0 saturated heterocycles. The van der Waals surface area contributed by atoms with Crippen molar-refractivity contribution in [2.45, 2.75) is 19.9 Å². The van der Waals surface area contributed by atoms with Crippen molar-refractivity contribution in [2.24, 2.45) is 5.92 Å². The molecule has 0 aliphatic heterocycles. The fourth-order valence-corrected chi connectivity index (χ4v) is 2.66. The summed E-state index contributed by atoms with van der Waals surface area (Å²) in [4.78, 5) is 28.5. The Morgan fingerprint density at radius 3 is 2.59 bits per heavy atom. The van der Waals surface area contributed by atoms with Gasteiger partial charge in [0.15, 0.2) is 5.58 Å². The van der Waals surface area contributed by atoms with Gasteiger partial charge >= 0.3 is 12.0 Å². The van der Waals surface area contributed by atoms with Gasteiger partial charge in [-0.15, -0.1) is 0 Å². The average molecular weight is 367 g/mol. The average Bonchev–Trinajstić information content (AvgIpc) is 3.10. The molecular weight excluding hydrogens is 346 g/mol. The Bertz CT molecular complexity index is 932. The number of anilines is 1. The molecule has 2 aromatic carbocycles. The third-order valence-corrected chi connectivity index (χ3v) is 4.07. The molecule has 0 aliphatic carbocycles. The van der Waals surface area contributed by atoms with Crippen molar-refractivity contribution in [1.82, 2.24) is 10.3 Å². The summed E-state index contributed by atoms with van der Waals surface area (Å²) in [7, 11) is 1.29. The maximum atomic E-state index is 12.3. The minimum Gasteiger partial charge on any atom is -0.467 e. The van der Waals surface area contributed by atoms with Gasteiger partial charge in [0.1, 0.15) is 11.6 Å². The van der Waals surface area contributed by atoms with Crippen molar-refractivity contribution in [3.8, 4) is 11.5 Å². The Labute approximate surface area is 156 Å². The molecule has 1 aromatic heterocycles. The van der Waals surface area contributed by atoms with Gasteiger partial charge in [0.2, 0.25) is 5.89 Å². The van der Waals surface area contributed by atoms with E-state index < -0.39 is 18.0 Å². The molecule has 27 heavy (non-hydrogen) atoms. The number of ether oxygens (including phenoxy) is 1. The van der Waals surface area contributed by atoms with E-state index in [-0.39, 0.29) is 5.92 Å². The lowest BCUT2D eigenvalue weighted by Crippen LogP contribution is -2.46. The molecule has 2 amide bonds. The fourth-order valence-electron chi connectivity index (χ4n) is 2.66. The highest BCUT2D eigenvalue weighted by molar-refractivity contribution is 5.93. The highest BCUT2D eigenvalue weighted by atomic mass is 16.5. The number of aromatic nitrogens is 1. The molecule has 3 rings (SSSR count). The van der Waals surface area contributed by atoms with E-state index in [1.54, 1.807) is 18.2 Å². The molecule has 140 valence electrons. The molecule has 3 aromatic rings. The van der Waals surface area contributed by atoms with Gasteiger partial charge < -0.3 is 19.8 Å². The van der Waals surface area contributed by atoms with E-state index in [2.05, 4.69) is 15.6 Å². The fraction of sp³-hybridized carbons (Fsp3) is 0.250. The smallest absolute Gasteiger partial charge is 0.328 e. The van der Waals surface area contributed by atoms with Crippen molar-refractivity contribution in [1.29, 1.82) is 0 Å². The number of esters is 1. The normalized spacial score (nSPS) is 12.0. The van der Waals surface area contributed by atoms with Gasteiger partial charge in [-0.05, 0) is 36.2 Å². The van der Waals surface area contributed by atoms with E-state index in [1.807, 2.05) is 44.2 Å². The number of hydrogen-bond acceptors (Lipinski definition) is 5. The Morgan fingerprint density at radius 2 is 1.89 bits per heavy atom. The zero-order valence-corrected chi connectivity index (χ0v) is 15.4. The van der Waals surface area contributed by atoms with Crippen LogP contribution in [0.4, 0.5) is 10.5 Å². The summed E-state index contributed by atoms with van der Waals surface area (Å²) >= 11 is 0. The number of para-hydroxylation sites is 2. The van der Waals surface area contributed by atoms with Crippen LogP contribution in [0.1, 0.15) is 13.8 Å². The first-order valence-electron chi connectivity index (χ1n) is 8.59. The number of amides is 2. The third kappa shape index (κ3) is 4.25. The summed E-state index contributed by atoms with van der Waals surface area (Å²) < 4.78 is 10.5. The van der Waals surface area contributed by atoms with Crippen molar-refractivity contribution in [3.63, 3.8) is 0 Å². The van der Waals surface area contributed by atoms with Crippen LogP contribution >= 0.6 is 0 Å². The molecule has 0 fully saturated rings. The predicted molar refractivity (Wildman–Crippen MR) is 102 cm³/mol. The number of nitrogens with zero attached hydrogens (tertiary/aromatic N) is 1. The summed E-state index contributed by atoms with van der Waals surface area (Å²) in [6.45, 7) is 3.66. The van der Waals surface area contributed by atoms with E-state index in [0.717, 1.165) is 11.1 Å². The molecule has 2 N–H and O–H groups in total. The summed E-state index contributed by atoms with van der Waals surface area (Å²) in [6, 6.07) is 13.4. The minimum atomic E-state index is -0.727. The van der Waals surface area contributed by atoms with Crippen molar-refractivity contribution in [3.05, 3.63) is 48.5 Å². The summed E-state index contributed by atoms with van der Waals surface area (Å²) in [5.41, 5.74) is 2.75. The summed E-state index contributed by atoms with van der Waals surface area (Å²) in [5, 5.41) is 5.36. The molecule has 0 unspecified atom stereocenters. The molecule has 7 heteroatoms. The van der Waals surface area contributed by atoms with Crippen LogP contribution in [0.25, 0.3) is 22.6 Å². The van der Waals surface area contributed by atoms with Gasteiger partial charge in [0, 0.05) is 11.3 Å². The topological polar surface area (TPSA) is 93.5 Å².